The summed E-state index contributed by atoms with van der Waals surface area (Å²) in [4.78, 5) is 13.7. The summed E-state index contributed by atoms with van der Waals surface area (Å²) in [6, 6.07) is 2.98. The third-order valence-electron chi connectivity index (χ3n) is 1.55. The van der Waals surface area contributed by atoms with Crippen LogP contribution in [0.5, 0.6) is 0 Å². The van der Waals surface area contributed by atoms with Gasteiger partial charge in [0.25, 0.3) is 0 Å². The zero-order chi connectivity index (χ0) is 9.42. The molecule has 2 aromatic heterocycles. The van der Waals surface area contributed by atoms with Gasteiger partial charge in [0.2, 0.25) is 5.65 Å². The molecule has 6 nitrogen and oxygen atoms in total. The van der Waals surface area contributed by atoms with Gasteiger partial charge in [0.15, 0.2) is 0 Å². The summed E-state index contributed by atoms with van der Waals surface area (Å²) in [5.41, 5.74) is 0.249. The van der Waals surface area contributed by atoms with Gasteiger partial charge in [-0.05, 0) is 17.1 Å². The predicted octanol–water partition coefficient (Wildman–Crippen LogP) is 1.52. The number of hydrogen-bond donors (Lipinski definition) is 1. The van der Waals surface area contributed by atoms with Crippen molar-refractivity contribution >= 4 is 28.5 Å². The maximum atomic E-state index is 10.4. The zero-order valence-electron chi connectivity index (χ0n) is 6.19. The second-order valence-corrected chi connectivity index (χ2v) is 2.72. The summed E-state index contributed by atoms with van der Waals surface area (Å²) in [6.45, 7) is 0. The molecule has 2 aromatic rings. The number of pyridine rings is 1. The van der Waals surface area contributed by atoms with Crippen molar-refractivity contribution in [2.45, 2.75) is 0 Å². The Morgan fingerprint density at radius 3 is 3.00 bits per heavy atom. The first-order valence-corrected chi connectivity index (χ1v) is 3.71. The van der Waals surface area contributed by atoms with Gasteiger partial charge in [-0.15, -0.1) is 5.10 Å². The highest BCUT2D eigenvalue weighted by Crippen LogP contribution is 2.21. The molecule has 0 amide bonds. The molecule has 0 aliphatic rings. The molecule has 13 heavy (non-hydrogen) atoms. The van der Waals surface area contributed by atoms with Gasteiger partial charge in [0, 0.05) is 0 Å². The second-order valence-electron chi connectivity index (χ2n) is 2.33. The number of fused-ring (bicyclic) bond motifs is 1. The summed E-state index contributed by atoms with van der Waals surface area (Å²) in [5, 5.41) is 17.0. The average Bonchev–Trinajstić information content (AvgIpc) is 2.46. The number of rotatable bonds is 1. The molecule has 0 aromatic carbocycles. The van der Waals surface area contributed by atoms with Gasteiger partial charge < -0.3 is 10.1 Å². The third kappa shape index (κ3) is 1.20. The van der Waals surface area contributed by atoms with E-state index < -0.39 is 4.92 Å². The molecule has 0 unspecified atom stereocenters. The Balaban J connectivity index is 2.76. The van der Waals surface area contributed by atoms with E-state index in [0.717, 1.165) is 0 Å². The number of halogens is 1. The topological polar surface area (TPSA) is 84.7 Å². The van der Waals surface area contributed by atoms with E-state index in [-0.39, 0.29) is 16.6 Å². The van der Waals surface area contributed by atoms with Gasteiger partial charge in [-0.2, -0.15) is 0 Å². The first kappa shape index (κ1) is 7.93. The Bertz CT molecular complexity index is 480. The van der Waals surface area contributed by atoms with Crippen molar-refractivity contribution in [3.8, 4) is 0 Å². The van der Waals surface area contributed by atoms with Crippen LogP contribution in [-0.2, 0) is 0 Å². The van der Waals surface area contributed by atoms with E-state index >= 15 is 0 Å². The molecule has 66 valence electrons. The highest BCUT2D eigenvalue weighted by atomic mass is 35.5. The Labute approximate surface area is 76.7 Å². The van der Waals surface area contributed by atoms with E-state index in [1.54, 1.807) is 0 Å². The minimum Gasteiger partial charge on any atom is -0.358 e. The van der Waals surface area contributed by atoms with Gasteiger partial charge in [-0.25, -0.2) is 4.98 Å². The fourth-order valence-corrected chi connectivity index (χ4v) is 1.14. The summed E-state index contributed by atoms with van der Waals surface area (Å²) in [7, 11) is 0. The van der Waals surface area contributed by atoms with Gasteiger partial charge in [-0.3, -0.25) is 0 Å². The van der Waals surface area contributed by atoms with Gasteiger partial charge in [-0.1, -0.05) is 16.7 Å². The van der Waals surface area contributed by atoms with Crippen molar-refractivity contribution in [3.05, 3.63) is 27.4 Å². The summed E-state index contributed by atoms with van der Waals surface area (Å²) >= 11 is 5.57. The molecule has 0 saturated carbocycles. The Morgan fingerprint density at radius 2 is 2.31 bits per heavy atom. The molecule has 0 atom stereocenters. The maximum absolute atomic E-state index is 10.4. The van der Waals surface area contributed by atoms with E-state index in [9.17, 15) is 10.1 Å². The van der Waals surface area contributed by atoms with Crippen molar-refractivity contribution in [2.24, 2.45) is 0 Å². The lowest BCUT2D eigenvalue weighted by atomic mass is 10.3. The molecule has 0 aliphatic carbocycles. The van der Waals surface area contributed by atoms with E-state index in [1.165, 1.54) is 12.1 Å². The van der Waals surface area contributed by atoms with Crippen LogP contribution in [0.3, 0.4) is 0 Å². The number of hydrogen-bond acceptors (Lipinski definition) is 4. The highest BCUT2D eigenvalue weighted by Gasteiger charge is 2.14. The smallest absolute Gasteiger partial charge is 0.352 e. The SMILES string of the molecule is O=[N+]([O-])c1[nH]nc2nc(Cl)ccc12. The van der Waals surface area contributed by atoms with Crippen molar-refractivity contribution in [3.63, 3.8) is 0 Å². The number of aromatic amines is 1. The van der Waals surface area contributed by atoms with Crippen LogP contribution in [0.2, 0.25) is 5.15 Å². The lowest BCUT2D eigenvalue weighted by Crippen LogP contribution is -1.87. The molecule has 7 heteroatoms. The molecule has 2 rings (SSSR count). The lowest BCUT2D eigenvalue weighted by molar-refractivity contribution is -0.387. The Kier molecular flexibility index (Phi) is 1.63. The van der Waals surface area contributed by atoms with Crippen molar-refractivity contribution < 1.29 is 4.92 Å². The molecule has 0 radical (unpaired) electrons. The Hall–Kier alpha value is -1.69. The average molecular weight is 199 g/mol. The molecule has 0 bridgehead atoms. The molecule has 0 saturated heterocycles. The van der Waals surface area contributed by atoms with Crippen molar-refractivity contribution in [1.29, 1.82) is 0 Å². The number of nitrogens with one attached hydrogen (secondary N) is 1. The van der Waals surface area contributed by atoms with Crippen molar-refractivity contribution in [2.75, 3.05) is 0 Å². The first-order valence-electron chi connectivity index (χ1n) is 3.33. The van der Waals surface area contributed by atoms with Gasteiger partial charge in [0.05, 0.1) is 0 Å². The van der Waals surface area contributed by atoms with Crippen LogP contribution in [-0.4, -0.2) is 20.1 Å². The fourth-order valence-electron chi connectivity index (χ4n) is 1.00. The normalized spacial score (nSPS) is 10.5. The van der Waals surface area contributed by atoms with Gasteiger partial charge in [0.1, 0.15) is 10.5 Å². The molecule has 2 heterocycles. The highest BCUT2D eigenvalue weighted by molar-refractivity contribution is 6.29. The number of nitro groups is 1. The summed E-state index contributed by atoms with van der Waals surface area (Å²) in [5.74, 6) is -0.167. The molecule has 1 N–H and O–H groups in total. The van der Waals surface area contributed by atoms with Crippen LogP contribution in [0.1, 0.15) is 0 Å². The van der Waals surface area contributed by atoms with Crippen LogP contribution in [0, 0.1) is 10.1 Å². The molecular weight excluding hydrogens is 196 g/mol. The van der Waals surface area contributed by atoms with E-state index in [2.05, 4.69) is 15.2 Å². The summed E-state index contributed by atoms with van der Waals surface area (Å²) < 4.78 is 0. The van der Waals surface area contributed by atoms with Crippen LogP contribution in [0.15, 0.2) is 12.1 Å². The van der Waals surface area contributed by atoms with Gasteiger partial charge >= 0.3 is 5.82 Å². The van der Waals surface area contributed by atoms with E-state index in [4.69, 9.17) is 11.6 Å². The lowest BCUT2D eigenvalue weighted by Gasteiger charge is -1.89. The van der Waals surface area contributed by atoms with Crippen LogP contribution in [0.25, 0.3) is 11.0 Å². The number of aromatic nitrogens is 3. The fraction of sp³-hybridized carbons (Fsp3) is 0. The standard InChI is InChI=1S/C6H3ClN4O2/c7-4-2-1-3-5(8-4)9-10-6(3)11(12)13/h1-2H,(H,8,9,10). The summed E-state index contributed by atoms with van der Waals surface area (Å²) in [6.07, 6.45) is 0. The monoisotopic (exact) mass is 198 g/mol. The van der Waals surface area contributed by atoms with E-state index in [1.807, 2.05) is 0 Å². The minimum absolute atomic E-state index is 0.167. The molecule has 0 spiro atoms. The van der Waals surface area contributed by atoms with Crippen molar-refractivity contribution in [1.82, 2.24) is 15.2 Å². The minimum atomic E-state index is -0.551. The second kappa shape index (κ2) is 2.67. The quantitative estimate of drug-likeness (QED) is 0.428. The predicted molar refractivity (Wildman–Crippen MR) is 45.6 cm³/mol. The van der Waals surface area contributed by atoms with Crippen LogP contribution < -0.4 is 0 Å². The maximum Gasteiger partial charge on any atom is 0.352 e. The number of nitrogens with zero attached hydrogens (tertiary/aromatic N) is 3. The Morgan fingerprint density at radius 1 is 1.54 bits per heavy atom. The zero-order valence-corrected chi connectivity index (χ0v) is 6.95. The third-order valence-corrected chi connectivity index (χ3v) is 1.76. The largest absolute Gasteiger partial charge is 0.358 e. The first-order chi connectivity index (χ1) is 6.18. The molecular formula is C6H3ClN4O2. The molecule has 0 fully saturated rings. The van der Waals surface area contributed by atoms with Crippen LogP contribution in [0.4, 0.5) is 5.82 Å². The van der Waals surface area contributed by atoms with Crippen LogP contribution >= 0.6 is 11.6 Å². The number of H-pyrrole nitrogens is 1. The van der Waals surface area contributed by atoms with E-state index in [0.29, 0.717) is 5.39 Å². The molecule has 0 aliphatic heterocycles.